The molecule has 4 nitrogen and oxygen atoms in total. The Kier molecular flexibility index (Phi) is 3.49. The molecule has 1 heterocycles. The Balaban J connectivity index is 1.91. The zero-order chi connectivity index (χ0) is 11.5. The molecule has 0 bridgehead atoms. The van der Waals surface area contributed by atoms with Gasteiger partial charge >= 0.3 is 0 Å². The zero-order valence-electron chi connectivity index (χ0n) is 10.4. The van der Waals surface area contributed by atoms with Crippen LogP contribution < -0.4 is 10.1 Å². The summed E-state index contributed by atoms with van der Waals surface area (Å²) in [4.78, 5) is 0. The molecule has 1 aromatic rings. The van der Waals surface area contributed by atoms with Crippen molar-refractivity contribution in [2.24, 2.45) is 13.0 Å². The van der Waals surface area contributed by atoms with Gasteiger partial charge in [-0.2, -0.15) is 5.10 Å². The predicted octanol–water partition coefficient (Wildman–Crippen LogP) is 1.63. The van der Waals surface area contributed by atoms with Crippen LogP contribution in [0, 0.1) is 12.8 Å². The maximum absolute atomic E-state index is 5.36. The number of hydrogen-bond donors (Lipinski definition) is 1. The van der Waals surface area contributed by atoms with Crippen LogP contribution in [0.15, 0.2) is 0 Å². The van der Waals surface area contributed by atoms with Crippen LogP contribution in [-0.4, -0.2) is 23.4 Å². The molecule has 1 fully saturated rings. The molecule has 1 aliphatic rings. The van der Waals surface area contributed by atoms with E-state index < -0.39 is 0 Å². The van der Waals surface area contributed by atoms with Crippen molar-refractivity contribution >= 4 is 0 Å². The molecule has 0 amide bonds. The lowest BCUT2D eigenvalue weighted by atomic mass is 9.85. The lowest BCUT2D eigenvalue weighted by Crippen LogP contribution is -2.27. The number of methoxy groups -OCH3 is 1. The van der Waals surface area contributed by atoms with E-state index in [0.717, 1.165) is 30.6 Å². The van der Waals surface area contributed by atoms with Crippen LogP contribution in [0.4, 0.5) is 0 Å². The average molecular weight is 223 g/mol. The van der Waals surface area contributed by atoms with Gasteiger partial charge < -0.3 is 10.1 Å². The Morgan fingerprint density at radius 1 is 1.50 bits per heavy atom. The Bertz CT molecular complexity index is 355. The molecular formula is C12H21N3O. The van der Waals surface area contributed by atoms with E-state index in [1.807, 2.05) is 14.0 Å². The van der Waals surface area contributed by atoms with Crippen LogP contribution in [0.25, 0.3) is 0 Å². The molecule has 0 unspecified atom stereocenters. The predicted molar refractivity (Wildman–Crippen MR) is 63.5 cm³/mol. The van der Waals surface area contributed by atoms with Gasteiger partial charge in [0, 0.05) is 13.6 Å². The van der Waals surface area contributed by atoms with Crippen molar-refractivity contribution in [3.05, 3.63) is 11.3 Å². The summed E-state index contributed by atoms with van der Waals surface area (Å²) in [7, 11) is 3.62. The Morgan fingerprint density at radius 3 is 2.81 bits per heavy atom. The van der Waals surface area contributed by atoms with E-state index >= 15 is 0 Å². The summed E-state index contributed by atoms with van der Waals surface area (Å²) in [5, 5.41) is 7.86. The summed E-state index contributed by atoms with van der Waals surface area (Å²) in [6, 6.07) is 0. The lowest BCUT2D eigenvalue weighted by molar-refractivity contribution is 0.300. The highest BCUT2D eigenvalue weighted by Gasteiger charge is 2.18. The van der Waals surface area contributed by atoms with E-state index in [1.54, 1.807) is 11.8 Å². The first kappa shape index (κ1) is 11.5. The number of aryl methyl sites for hydroxylation is 2. The lowest BCUT2D eigenvalue weighted by Gasteiger charge is -2.25. The first-order chi connectivity index (χ1) is 7.72. The summed E-state index contributed by atoms with van der Waals surface area (Å²) < 4.78 is 7.16. The smallest absolute Gasteiger partial charge is 0.216 e. The van der Waals surface area contributed by atoms with Gasteiger partial charge in [-0.05, 0) is 32.2 Å². The number of nitrogens with zero attached hydrogens (tertiary/aromatic N) is 2. The molecule has 0 spiro atoms. The molecular weight excluding hydrogens is 202 g/mol. The Labute approximate surface area is 97.0 Å². The third kappa shape index (κ3) is 2.21. The molecule has 16 heavy (non-hydrogen) atoms. The van der Waals surface area contributed by atoms with Crippen LogP contribution in [0.5, 0.6) is 5.88 Å². The molecule has 2 rings (SSSR count). The average Bonchev–Trinajstić information content (AvgIpc) is 2.45. The SMILES string of the molecule is COc1c(CNCC2CCC2)c(C)nn1C. The van der Waals surface area contributed by atoms with E-state index in [1.165, 1.54) is 24.8 Å². The highest BCUT2D eigenvalue weighted by molar-refractivity contribution is 5.30. The molecule has 1 N–H and O–H groups in total. The van der Waals surface area contributed by atoms with E-state index in [-0.39, 0.29) is 0 Å². The third-order valence-electron chi connectivity index (χ3n) is 3.44. The topological polar surface area (TPSA) is 39.1 Å². The van der Waals surface area contributed by atoms with Gasteiger partial charge in [0.2, 0.25) is 5.88 Å². The summed E-state index contributed by atoms with van der Waals surface area (Å²) in [6.07, 6.45) is 4.17. The number of ether oxygens (including phenoxy) is 1. The van der Waals surface area contributed by atoms with Gasteiger partial charge in [0.25, 0.3) is 0 Å². The second-order valence-electron chi connectivity index (χ2n) is 4.62. The highest BCUT2D eigenvalue weighted by Crippen LogP contribution is 2.26. The standard InChI is InChI=1S/C12H21N3O/c1-9-11(12(16-3)15(2)14-9)8-13-7-10-5-4-6-10/h10,13H,4-8H2,1-3H3. The van der Waals surface area contributed by atoms with Crippen molar-refractivity contribution < 1.29 is 4.74 Å². The van der Waals surface area contributed by atoms with Crippen molar-refractivity contribution in [1.29, 1.82) is 0 Å². The molecule has 1 aromatic heterocycles. The zero-order valence-corrected chi connectivity index (χ0v) is 10.4. The minimum atomic E-state index is 0.860. The number of rotatable bonds is 5. The fourth-order valence-corrected chi connectivity index (χ4v) is 2.24. The van der Waals surface area contributed by atoms with Gasteiger partial charge in [-0.15, -0.1) is 0 Å². The third-order valence-corrected chi connectivity index (χ3v) is 3.44. The first-order valence-electron chi connectivity index (χ1n) is 5.99. The largest absolute Gasteiger partial charge is 0.481 e. The number of hydrogen-bond acceptors (Lipinski definition) is 3. The second-order valence-corrected chi connectivity index (χ2v) is 4.62. The van der Waals surface area contributed by atoms with Gasteiger partial charge in [0.1, 0.15) is 0 Å². The second kappa shape index (κ2) is 4.87. The molecule has 4 heteroatoms. The summed E-state index contributed by atoms with van der Waals surface area (Å²) in [5.41, 5.74) is 2.24. The number of nitrogens with one attached hydrogen (secondary N) is 1. The molecule has 0 aromatic carbocycles. The van der Waals surface area contributed by atoms with Crippen LogP contribution in [-0.2, 0) is 13.6 Å². The van der Waals surface area contributed by atoms with Crippen molar-refractivity contribution in [2.75, 3.05) is 13.7 Å². The Morgan fingerprint density at radius 2 is 2.25 bits per heavy atom. The van der Waals surface area contributed by atoms with Crippen LogP contribution in [0.3, 0.4) is 0 Å². The van der Waals surface area contributed by atoms with Gasteiger partial charge in [-0.1, -0.05) is 6.42 Å². The molecule has 1 saturated carbocycles. The summed E-state index contributed by atoms with van der Waals surface area (Å²) in [5.74, 6) is 1.77. The van der Waals surface area contributed by atoms with Gasteiger partial charge in [-0.25, -0.2) is 4.68 Å². The molecule has 1 aliphatic carbocycles. The molecule has 0 saturated heterocycles. The molecule has 0 radical (unpaired) electrons. The van der Waals surface area contributed by atoms with Crippen molar-refractivity contribution in [1.82, 2.24) is 15.1 Å². The van der Waals surface area contributed by atoms with Gasteiger partial charge in [0.15, 0.2) is 0 Å². The van der Waals surface area contributed by atoms with E-state index in [2.05, 4.69) is 10.4 Å². The van der Waals surface area contributed by atoms with Crippen molar-refractivity contribution in [2.45, 2.75) is 32.7 Å². The fraction of sp³-hybridized carbons (Fsp3) is 0.750. The van der Waals surface area contributed by atoms with E-state index in [9.17, 15) is 0 Å². The maximum atomic E-state index is 5.36. The molecule has 90 valence electrons. The molecule has 0 atom stereocenters. The quantitative estimate of drug-likeness (QED) is 0.824. The number of aromatic nitrogens is 2. The summed E-state index contributed by atoms with van der Waals surface area (Å²) in [6.45, 7) is 4.01. The minimum absolute atomic E-state index is 0.860. The van der Waals surface area contributed by atoms with Crippen molar-refractivity contribution in [3.8, 4) is 5.88 Å². The first-order valence-corrected chi connectivity index (χ1v) is 5.99. The van der Waals surface area contributed by atoms with Crippen molar-refractivity contribution in [3.63, 3.8) is 0 Å². The normalized spacial score (nSPS) is 16.2. The molecule has 0 aliphatic heterocycles. The van der Waals surface area contributed by atoms with E-state index in [4.69, 9.17) is 4.74 Å². The van der Waals surface area contributed by atoms with Crippen LogP contribution in [0.1, 0.15) is 30.5 Å². The van der Waals surface area contributed by atoms with Crippen LogP contribution >= 0.6 is 0 Å². The van der Waals surface area contributed by atoms with E-state index in [0.29, 0.717) is 0 Å². The summed E-state index contributed by atoms with van der Waals surface area (Å²) >= 11 is 0. The minimum Gasteiger partial charge on any atom is -0.481 e. The highest BCUT2D eigenvalue weighted by atomic mass is 16.5. The fourth-order valence-electron chi connectivity index (χ4n) is 2.24. The monoisotopic (exact) mass is 223 g/mol. The van der Waals surface area contributed by atoms with Crippen LogP contribution in [0.2, 0.25) is 0 Å². The van der Waals surface area contributed by atoms with Gasteiger partial charge in [0.05, 0.1) is 18.4 Å². The Hall–Kier alpha value is -1.03. The van der Waals surface area contributed by atoms with Gasteiger partial charge in [-0.3, -0.25) is 0 Å². The maximum Gasteiger partial charge on any atom is 0.216 e.